The topological polar surface area (TPSA) is 87.5 Å². The summed E-state index contributed by atoms with van der Waals surface area (Å²) in [5, 5.41) is 15.6. The number of hydrogen-bond donors (Lipinski definition) is 2. The maximum absolute atomic E-state index is 9.55. The zero-order valence-electron chi connectivity index (χ0n) is 7.20. The van der Waals surface area contributed by atoms with Crippen LogP contribution >= 0.6 is 0 Å². The highest BCUT2D eigenvalue weighted by Gasteiger charge is 1.88. The zero-order chi connectivity index (χ0) is 10.8. The quantitative estimate of drug-likeness (QED) is 0.681. The van der Waals surface area contributed by atoms with Crippen molar-refractivity contribution in [3.05, 3.63) is 42.7 Å². The SMILES string of the molecule is O=C(O)/C=C\C(=O)O.c1ccncc1. The number of aliphatic carboxylic acids is 2. The molecule has 1 rings (SSSR count). The van der Waals surface area contributed by atoms with E-state index in [0.29, 0.717) is 12.2 Å². The molecule has 14 heavy (non-hydrogen) atoms. The first-order valence-corrected chi connectivity index (χ1v) is 3.62. The molecule has 0 fully saturated rings. The molecule has 0 aliphatic heterocycles. The first kappa shape index (κ1) is 11.8. The van der Waals surface area contributed by atoms with Gasteiger partial charge in [0.15, 0.2) is 0 Å². The van der Waals surface area contributed by atoms with E-state index in [9.17, 15) is 9.59 Å². The van der Waals surface area contributed by atoms with Gasteiger partial charge in [0.25, 0.3) is 0 Å². The van der Waals surface area contributed by atoms with Gasteiger partial charge in [-0.2, -0.15) is 0 Å². The lowest BCUT2D eigenvalue weighted by Crippen LogP contribution is -1.91. The molecule has 2 N–H and O–H groups in total. The number of nitrogens with zero attached hydrogens (tertiary/aromatic N) is 1. The number of aromatic nitrogens is 1. The van der Waals surface area contributed by atoms with E-state index in [-0.39, 0.29) is 0 Å². The predicted octanol–water partition coefficient (Wildman–Crippen LogP) is 0.793. The van der Waals surface area contributed by atoms with Crippen molar-refractivity contribution in [1.82, 2.24) is 4.98 Å². The number of rotatable bonds is 2. The molecule has 0 aromatic carbocycles. The summed E-state index contributed by atoms with van der Waals surface area (Å²) in [5.41, 5.74) is 0. The predicted molar refractivity (Wildman–Crippen MR) is 48.6 cm³/mol. The minimum absolute atomic E-state index is 0.558. The van der Waals surface area contributed by atoms with Crippen molar-refractivity contribution in [2.75, 3.05) is 0 Å². The van der Waals surface area contributed by atoms with Gasteiger partial charge in [0.2, 0.25) is 0 Å². The van der Waals surface area contributed by atoms with Gasteiger partial charge in [-0.1, -0.05) is 6.07 Å². The van der Waals surface area contributed by atoms with Crippen LogP contribution in [0.1, 0.15) is 0 Å². The highest BCUT2D eigenvalue weighted by Crippen LogP contribution is 1.73. The van der Waals surface area contributed by atoms with E-state index in [1.807, 2.05) is 18.2 Å². The molecule has 5 heteroatoms. The summed E-state index contributed by atoms with van der Waals surface area (Å²) >= 11 is 0. The largest absolute Gasteiger partial charge is 0.478 e. The Kier molecular flexibility index (Phi) is 6.32. The fourth-order valence-electron chi connectivity index (χ4n) is 0.455. The average molecular weight is 195 g/mol. The van der Waals surface area contributed by atoms with Crippen molar-refractivity contribution < 1.29 is 19.8 Å². The molecule has 0 aliphatic carbocycles. The molecule has 1 aromatic heterocycles. The molecule has 5 nitrogen and oxygen atoms in total. The molecule has 0 bridgehead atoms. The Morgan fingerprint density at radius 2 is 1.36 bits per heavy atom. The van der Waals surface area contributed by atoms with Gasteiger partial charge < -0.3 is 10.2 Å². The fourth-order valence-corrected chi connectivity index (χ4v) is 0.455. The van der Waals surface area contributed by atoms with Crippen molar-refractivity contribution >= 4 is 11.9 Å². The van der Waals surface area contributed by atoms with Crippen molar-refractivity contribution in [2.45, 2.75) is 0 Å². The van der Waals surface area contributed by atoms with E-state index in [0.717, 1.165) is 0 Å². The van der Waals surface area contributed by atoms with Crippen LogP contribution < -0.4 is 0 Å². The van der Waals surface area contributed by atoms with Crippen molar-refractivity contribution in [3.63, 3.8) is 0 Å². The number of carboxylic acids is 2. The first-order valence-electron chi connectivity index (χ1n) is 3.62. The van der Waals surface area contributed by atoms with Crippen LogP contribution in [-0.2, 0) is 9.59 Å². The monoisotopic (exact) mass is 195 g/mol. The molecule has 0 aliphatic rings. The molecule has 0 saturated carbocycles. The first-order chi connectivity index (χ1) is 6.63. The van der Waals surface area contributed by atoms with E-state index >= 15 is 0 Å². The Morgan fingerprint density at radius 1 is 0.929 bits per heavy atom. The maximum atomic E-state index is 9.55. The second-order valence-electron chi connectivity index (χ2n) is 2.03. The van der Waals surface area contributed by atoms with Gasteiger partial charge >= 0.3 is 11.9 Å². The van der Waals surface area contributed by atoms with Crippen LogP contribution in [0.3, 0.4) is 0 Å². The molecule has 0 amide bonds. The Hall–Kier alpha value is -2.17. The van der Waals surface area contributed by atoms with Crippen molar-refractivity contribution in [2.24, 2.45) is 0 Å². The number of carbonyl (C=O) groups is 2. The maximum Gasteiger partial charge on any atom is 0.328 e. The van der Waals surface area contributed by atoms with Crippen LogP contribution in [0.15, 0.2) is 42.7 Å². The Morgan fingerprint density at radius 3 is 1.50 bits per heavy atom. The van der Waals surface area contributed by atoms with Gasteiger partial charge in [-0.25, -0.2) is 9.59 Å². The van der Waals surface area contributed by atoms with Crippen LogP contribution in [-0.4, -0.2) is 27.1 Å². The summed E-state index contributed by atoms with van der Waals surface area (Å²) in [4.78, 5) is 22.9. The molecule has 0 unspecified atom stereocenters. The second kappa shape index (κ2) is 7.48. The Labute approximate surface area is 80.3 Å². The Bertz CT molecular complexity index is 265. The average Bonchev–Trinajstić information content (AvgIpc) is 2.18. The third-order valence-corrected chi connectivity index (χ3v) is 0.935. The van der Waals surface area contributed by atoms with Gasteiger partial charge in [0.1, 0.15) is 0 Å². The molecule has 1 heterocycles. The lowest BCUT2D eigenvalue weighted by atomic mass is 10.5. The van der Waals surface area contributed by atoms with Gasteiger partial charge in [0, 0.05) is 24.5 Å². The third kappa shape index (κ3) is 9.83. The van der Waals surface area contributed by atoms with Crippen molar-refractivity contribution in [1.29, 1.82) is 0 Å². The summed E-state index contributed by atoms with van der Waals surface area (Å²) < 4.78 is 0. The van der Waals surface area contributed by atoms with Gasteiger partial charge in [-0.3, -0.25) is 4.98 Å². The summed E-state index contributed by atoms with van der Waals surface area (Å²) in [6.07, 6.45) is 4.62. The van der Waals surface area contributed by atoms with Crippen LogP contribution in [0.5, 0.6) is 0 Å². The number of pyridine rings is 1. The standard InChI is InChI=1S/C5H5N.C4H4O4/c1-2-4-6-5-3-1;5-3(6)1-2-4(7)8/h1-5H;1-2H,(H,5,6)(H,7,8)/b;2-1-. The number of hydrogen-bond acceptors (Lipinski definition) is 3. The van der Waals surface area contributed by atoms with Crippen LogP contribution in [0.4, 0.5) is 0 Å². The molecule has 74 valence electrons. The van der Waals surface area contributed by atoms with Gasteiger partial charge in [-0.15, -0.1) is 0 Å². The molecular formula is C9H9NO4. The molecule has 0 saturated heterocycles. The minimum atomic E-state index is -1.26. The molecular weight excluding hydrogens is 186 g/mol. The highest BCUT2D eigenvalue weighted by molar-refractivity contribution is 5.89. The van der Waals surface area contributed by atoms with Crippen LogP contribution in [0.25, 0.3) is 0 Å². The fraction of sp³-hybridized carbons (Fsp3) is 0. The third-order valence-electron chi connectivity index (χ3n) is 0.935. The Balaban J connectivity index is 0.000000249. The lowest BCUT2D eigenvalue weighted by Gasteiger charge is -1.74. The van der Waals surface area contributed by atoms with E-state index in [1.165, 1.54) is 0 Å². The zero-order valence-corrected chi connectivity index (χ0v) is 7.20. The summed E-state index contributed by atoms with van der Waals surface area (Å²) in [5.74, 6) is -2.51. The molecule has 0 atom stereocenters. The van der Waals surface area contributed by atoms with Gasteiger partial charge in [0.05, 0.1) is 0 Å². The van der Waals surface area contributed by atoms with E-state index in [4.69, 9.17) is 10.2 Å². The summed E-state index contributed by atoms with van der Waals surface area (Å²) in [6.45, 7) is 0. The van der Waals surface area contributed by atoms with E-state index in [1.54, 1.807) is 12.4 Å². The summed E-state index contributed by atoms with van der Waals surface area (Å²) in [7, 11) is 0. The lowest BCUT2D eigenvalue weighted by molar-refractivity contribution is -0.134. The van der Waals surface area contributed by atoms with E-state index < -0.39 is 11.9 Å². The smallest absolute Gasteiger partial charge is 0.328 e. The van der Waals surface area contributed by atoms with Crippen LogP contribution in [0, 0.1) is 0 Å². The number of carboxylic acid groups (broad SMARTS) is 2. The summed E-state index contributed by atoms with van der Waals surface area (Å²) in [6, 6.07) is 5.72. The van der Waals surface area contributed by atoms with Crippen molar-refractivity contribution in [3.8, 4) is 0 Å². The normalized spacial score (nSPS) is 8.86. The van der Waals surface area contributed by atoms with Gasteiger partial charge in [-0.05, 0) is 12.1 Å². The highest BCUT2D eigenvalue weighted by atomic mass is 16.4. The van der Waals surface area contributed by atoms with E-state index in [2.05, 4.69) is 4.98 Å². The molecule has 0 radical (unpaired) electrons. The molecule has 0 spiro atoms. The minimum Gasteiger partial charge on any atom is -0.478 e. The molecule has 1 aromatic rings. The van der Waals surface area contributed by atoms with Crippen LogP contribution in [0.2, 0.25) is 0 Å². The second-order valence-corrected chi connectivity index (χ2v) is 2.03.